The minimum absolute atomic E-state index is 0.0559. The minimum Gasteiger partial charge on any atom is -0.479 e. The van der Waals surface area contributed by atoms with Crippen molar-refractivity contribution in [3.05, 3.63) is 74.6 Å². The lowest BCUT2D eigenvalue weighted by atomic mass is 9.78. The molecule has 0 spiro atoms. The third-order valence-electron chi connectivity index (χ3n) is 5.68. The number of ketones is 1. The lowest BCUT2D eigenvalue weighted by Crippen LogP contribution is -2.44. The second kappa shape index (κ2) is 9.93. The number of rotatable bonds is 8. The van der Waals surface area contributed by atoms with E-state index >= 15 is 0 Å². The SMILES string of the molecule is CC(=O)C(N)(c1ccc(C(C)(C)C)cc1)c1cccc(-c2sc(C(=O)O)c(OCC(=O)O)c2Br)c1. The zero-order valence-electron chi connectivity index (χ0n) is 19.7. The van der Waals surface area contributed by atoms with Crippen molar-refractivity contribution in [1.82, 2.24) is 0 Å². The number of aromatic carboxylic acids is 1. The number of aliphatic carboxylic acids is 1. The van der Waals surface area contributed by atoms with Gasteiger partial charge in [0.15, 0.2) is 23.0 Å². The van der Waals surface area contributed by atoms with Crippen molar-refractivity contribution in [2.24, 2.45) is 5.73 Å². The number of hydrogen-bond donors (Lipinski definition) is 3. The van der Waals surface area contributed by atoms with Gasteiger partial charge in [0.2, 0.25) is 0 Å². The van der Waals surface area contributed by atoms with E-state index in [9.17, 15) is 19.5 Å². The van der Waals surface area contributed by atoms with Crippen LogP contribution >= 0.6 is 27.3 Å². The van der Waals surface area contributed by atoms with Gasteiger partial charge in [-0.05, 0) is 56.6 Å². The molecule has 3 aromatic rings. The first kappa shape index (κ1) is 26.6. The molecule has 0 aliphatic carbocycles. The van der Waals surface area contributed by atoms with Gasteiger partial charge in [0.05, 0.1) is 9.35 Å². The van der Waals surface area contributed by atoms with Crippen LogP contribution in [-0.2, 0) is 20.5 Å². The molecule has 0 aliphatic heterocycles. The van der Waals surface area contributed by atoms with Gasteiger partial charge in [-0.15, -0.1) is 11.3 Å². The molecule has 4 N–H and O–H groups in total. The maximum atomic E-state index is 12.9. The van der Waals surface area contributed by atoms with Gasteiger partial charge in [0.25, 0.3) is 0 Å². The van der Waals surface area contributed by atoms with E-state index in [2.05, 4.69) is 36.7 Å². The summed E-state index contributed by atoms with van der Waals surface area (Å²) in [6, 6.07) is 14.6. The molecule has 1 unspecified atom stereocenters. The Bertz CT molecular complexity index is 1290. The van der Waals surface area contributed by atoms with Gasteiger partial charge < -0.3 is 20.7 Å². The van der Waals surface area contributed by atoms with E-state index < -0.39 is 24.1 Å². The van der Waals surface area contributed by atoms with Crippen molar-refractivity contribution in [2.45, 2.75) is 38.6 Å². The van der Waals surface area contributed by atoms with Gasteiger partial charge in [-0.1, -0.05) is 63.2 Å². The second-order valence-corrected chi connectivity index (χ2v) is 11.0. The van der Waals surface area contributed by atoms with Crippen molar-refractivity contribution >= 4 is 45.0 Å². The first-order valence-corrected chi connectivity index (χ1v) is 12.3. The summed E-state index contributed by atoms with van der Waals surface area (Å²) in [6.07, 6.45) is 0. The Kier molecular flexibility index (Phi) is 7.54. The highest BCUT2D eigenvalue weighted by Crippen LogP contribution is 2.46. The average Bonchev–Trinajstić information content (AvgIpc) is 3.13. The third kappa shape index (κ3) is 5.32. The highest BCUT2D eigenvalue weighted by atomic mass is 79.9. The van der Waals surface area contributed by atoms with Crippen LogP contribution in [0.15, 0.2) is 53.0 Å². The average molecular weight is 560 g/mol. The maximum absolute atomic E-state index is 12.9. The normalized spacial score (nSPS) is 13.2. The van der Waals surface area contributed by atoms with E-state index in [0.29, 0.717) is 26.0 Å². The van der Waals surface area contributed by atoms with Crippen LogP contribution in [0.5, 0.6) is 5.75 Å². The van der Waals surface area contributed by atoms with Crippen LogP contribution in [0.3, 0.4) is 0 Å². The first-order chi connectivity index (χ1) is 16.3. The summed E-state index contributed by atoms with van der Waals surface area (Å²) in [5.74, 6) is -2.78. The number of benzene rings is 2. The van der Waals surface area contributed by atoms with E-state index in [-0.39, 0.29) is 21.8 Å². The van der Waals surface area contributed by atoms with E-state index in [0.717, 1.165) is 16.9 Å². The number of carboxylic acid groups (broad SMARTS) is 2. The number of halogens is 1. The van der Waals surface area contributed by atoms with Gasteiger partial charge >= 0.3 is 11.9 Å². The molecule has 184 valence electrons. The van der Waals surface area contributed by atoms with Gasteiger partial charge in [-0.2, -0.15) is 0 Å². The molecule has 1 heterocycles. The summed E-state index contributed by atoms with van der Waals surface area (Å²) >= 11 is 4.30. The minimum atomic E-state index is -1.42. The van der Waals surface area contributed by atoms with Gasteiger partial charge in [-0.25, -0.2) is 9.59 Å². The highest BCUT2D eigenvalue weighted by molar-refractivity contribution is 9.10. The molecular weight excluding hydrogens is 534 g/mol. The highest BCUT2D eigenvalue weighted by Gasteiger charge is 2.36. The van der Waals surface area contributed by atoms with Crippen molar-refractivity contribution < 1.29 is 29.3 Å². The molecule has 1 aromatic heterocycles. The molecule has 7 nitrogen and oxygen atoms in total. The molecule has 3 rings (SSSR count). The fraction of sp³-hybridized carbons (Fsp3) is 0.269. The molecule has 9 heteroatoms. The smallest absolute Gasteiger partial charge is 0.349 e. The molecule has 0 saturated heterocycles. The first-order valence-electron chi connectivity index (χ1n) is 10.7. The van der Waals surface area contributed by atoms with Crippen molar-refractivity contribution in [1.29, 1.82) is 0 Å². The molecule has 0 radical (unpaired) electrons. The van der Waals surface area contributed by atoms with E-state index in [1.807, 2.05) is 24.3 Å². The number of nitrogens with two attached hydrogens (primary N) is 1. The zero-order valence-corrected chi connectivity index (χ0v) is 22.1. The molecule has 0 bridgehead atoms. The monoisotopic (exact) mass is 559 g/mol. The fourth-order valence-electron chi connectivity index (χ4n) is 3.70. The Morgan fingerprint density at radius 2 is 1.60 bits per heavy atom. The summed E-state index contributed by atoms with van der Waals surface area (Å²) in [5.41, 5.74) is 8.16. The fourth-order valence-corrected chi connectivity index (χ4v) is 5.59. The van der Waals surface area contributed by atoms with Crippen LogP contribution in [0.1, 0.15) is 54.1 Å². The predicted octanol–water partition coefficient (Wildman–Crippen LogP) is 5.43. The molecule has 0 fully saturated rings. The number of carbonyl (C=O) groups is 3. The van der Waals surface area contributed by atoms with Crippen molar-refractivity contribution in [2.75, 3.05) is 6.61 Å². The van der Waals surface area contributed by atoms with Crippen LogP contribution in [0.4, 0.5) is 0 Å². The van der Waals surface area contributed by atoms with Gasteiger partial charge in [0, 0.05) is 0 Å². The number of ether oxygens (including phenoxy) is 1. The summed E-state index contributed by atoms with van der Waals surface area (Å²) < 4.78 is 5.56. The molecule has 1 atom stereocenters. The quantitative estimate of drug-likeness (QED) is 0.335. The lowest BCUT2D eigenvalue weighted by molar-refractivity contribution is -0.139. The Balaban J connectivity index is 2.12. The standard InChI is InChI=1S/C26H26BrNO6S/c1-14(29)26(28,17-10-8-16(9-11-17)25(2,3)4)18-7-5-6-15(12-18)22-20(27)21(34-13-19(30)31)23(35-22)24(32)33/h5-12H,13,28H2,1-4H3,(H,30,31)(H,32,33). The van der Waals surface area contributed by atoms with E-state index in [1.54, 1.807) is 24.3 Å². The van der Waals surface area contributed by atoms with Crippen LogP contribution < -0.4 is 10.5 Å². The second-order valence-electron chi connectivity index (χ2n) is 9.16. The Labute approximate surface area is 215 Å². The number of carbonyl (C=O) groups excluding carboxylic acids is 1. The molecular formula is C26H26BrNO6S. The zero-order chi connectivity index (χ0) is 26.1. The van der Waals surface area contributed by atoms with Crippen molar-refractivity contribution in [3.63, 3.8) is 0 Å². The number of thiophene rings is 1. The third-order valence-corrected chi connectivity index (χ3v) is 7.91. The van der Waals surface area contributed by atoms with Crippen LogP contribution in [0, 0.1) is 0 Å². The number of hydrogen-bond acceptors (Lipinski definition) is 6. The van der Waals surface area contributed by atoms with Crippen LogP contribution in [0.25, 0.3) is 10.4 Å². The Morgan fingerprint density at radius 1 is 1.00 bits per heavy atom. The molecule has 0 aliphatic rings. The van der Waals surface area contributed by atoms with Crippen LogP contribution in [-0.4, -0.2) is 34.5 Å². The lowest BCUT2D eigenvalue weighted by Gasteiger charge is -2.29. The number of Topliss-reactive ketones (excluding diaryl/α,β-unsaturated/α-hetero) is 1. The summed E-state index contributed by atoms with van der Waals surface area (Å²) in [6.45, 7) is 7.06. The summed E-state index contributed by atoms with van der Waals surface area (Å²) in [4.78, 5) is 36.0. The largest absolute Gasteiger partial charge is 0.479 e. The topological polar surface area (TPSA) is 127 Å². The number of carboxylic acids is 2. The Morgan fingerprint density at radius 3 is 2.11 bits per heavy atom. The van der Waals surface area contributed by atoms with Crippen molar-refractivity contribution in [3.8, 4) is 16.2 Å². The maximum Gasteiger partial charge on any atom is 0.349 e. The van der Waals surface area contributed by atoms with E-state index in [4.69, 9.17) is 15.6 Å². The molecule has 0 amide bonds. The molecule has 2 aromatic carbocycles. The van der Waals surface area contributed by atoms with Crippen LogP contribution in [0.2, 0.25) is 0 Å². The molecule has 0 saturated carbocycles. The summed E-state index contributed by atoms with van der Waals surface area (Å²) in [7, 11) is 0. The van der Waals surface area contributed by atoms with E-state index in [1.165, 1.54) is 6.92 Å². The van der Waals surface area contributed by atoms with Gasteiger partial charge in [0.1, 0.15) is 5.54 Å². The molecule has 35 heavy (non-hydrogen) atoms. The predicted molar refractivity (Wildman–Crippen MR) is 138 cm³/mol. The van der Waals surface area contributed by atoms with Gasteiger partial charge in [-0.3, -0.25) is 4.79 Å². The Hall–Kier alpha value is -3.01. The summed E-state index contributed by atoms with van der Waals surface area (Å²) in [5, 5.41) is 18.5.